The molecule has 7 nitrogen and oxygen atoms in total. The van der Waals surface area contributed by atoms with Crippen molar-refractivity contribution in [2.45, 2.75) is 45.3 Å². The Bertz CT molecular complexity index is 635. The number of nitrogens with zero attached hydrogens (tertiary/aromatic N) is 2. The molecule has 0 bridgehead atoms. The second-order valence-electron chi connectivity index (χ2n) is 6.85. The minimum atomic E-state index is -0.739. The van der Waals surface area contributed by atoms with Gasteiger partial charge in [-0.1, -0.05) is 32.0 Å². The molecule has 2 saturated heterocycles. The van der Waals surface area contributed by atoms with E-state index >= 15 is 0 Å². The van der Waals surface area contributed by atoms with Gasteiger partial charge in [0.2, 0.25) is 0 Å². The van der Waals surface area contributed by atoms with Gasteiger partial charge in [-0.25, -0.2) is 15.0 Å². The van der Waals surface area contributed by atoms with Crippen molar-refractivity contribution in [2.24, 2.45) is 5.92 Å². The van der Waals surface area contributed by atoms with Crippen LogP contribution in [0, 0.1) is 5.92 Å². The van der Waals surface area contributed by atoms with Gasteiger partial charge < -0.3 is 10.1 Å². The minimum Gasteiger partial charge on any atom is -0.409 e. The molecule has 2 aliphatic heterocycles. The number of carbonyl (C=O) groups excluding carboxylic acids is 2. The number of para-hydroxylation sites is 1. The van der Waals surface area contributed by atoms with E-state index in [1.54, 1.807) is 24.3 Å². The molecule has 23 heavy (non-hydrogen) atoms. The largest absolute Gasteiger partial charge is 0.439 e. The number of hydrogen-bond donors (Lipinski definition) is 2. The molecule has 3 amide bonds. The number of hydrogen-bond acceptors (Lipinski definition) is 5. The van der Waals surface area contributed by atoms with E-state index in [2.05, 4.69) is 24.6 Å². The first-order valence-electron chi connectivity index (χ1n) is 7.74. The average molecular weight is 318 g/mol. The summed E-state index contributed by atoms with van der Waals surface area (Å²) in [6.07, 6.45) is 0.124. The zero-order chi connectivity index (χ0) is 16.8. The van der Waals surface area contributed by atoms with Gasteiger partial charge in [-0.15, -0.1) is 10.1 Å². The van der Waals surface area contributed by atoms with E-state index in [1.165, 1.54) is 5.12 Å². The fourth-order valence-corrected chi connectivity index (χ4v) is 3.29. The van der Waals surface area contributed by atoms with Crippen LogP contribution in [-0.4, -0.2) is 33.5 Å². The van der Waals surface area contributed by atoms with Gasteiger partial charge in [-0.2, -0.15) is 0 Å². The van der Waals surface area contributed by atoms with E-state index in [-0.39, 0.29) is 5.54 Å². The molecule has 0 saturated carbocycles. The van der Waals surface area contributed by atoms with Crippen LogP contribution in [0.3, 0.4) is 0 Å². The molecular formula is C16H22N4O3. The van der Waals surface area contributed by atoms with Crippen molar-refractivity contribution in [3.05, 3.63) is 30.3 Å². The smallest absolute Gasteiger partial charge is 0.409 e. The lowest BCUT2D eigenvalue weighted by Crippen LogP contribution is -2.87. The Hall–Kier alpha value is -2.12. The van der Waals surface area contributed by atoms with Gasteiger partial charge in [-0.05, 0) is 38.3 Å². The molecule has 2 N–H and O–H groups in total. The molecule has 0 aliphatic carbocycles. The molecule has 2 atom stereocenters. The number of imide groups is 1. The second kappa shape index (κ2) is 5.21. The van der Waals surface area contributed by atoms with E-state index in [0.717, 1.165) is 11.4 Å². The zero-order valence-electron chi connectivity index (χ0n) is 13.8. The van der Waals surface area contributed by atoms with E-state index in [4.69, 9.17) is 4.74 Å². The molecule has 0 spiro atoms. The topological polar surface area (TPSA) is 73.9 Å². The maximum atomic E-state index is 12.4. The van der Waals surface area contributed by atoms with Crippen LogP contribution >= 0.6 is 0 Å². The Labute approximate surface area is 135 Å². The quantitative estimate of drug-likeness (QED) is 0.895. The Morgan fingerprint density at radius 3 is 2.52 bits per heavy atom. The van der Waals surface area contributed by atoms with Gasteiger partial charge in [0.1, 0.15) is 11.4 Å². The Balaban J connectivity index is 1.76. The highest BCUT2D eigenvalue weighted by molar-refractivity contribution is 5.93. The first-order valence-corrected chi connectivity index (χ1v) is 7.74. The highest BCUT2D eigenvalue weighted by Gasteiger charge is 2.68. The summed E-state index contributed by atoms with van der Waals surface area (Å²) >= 11 is 0. The van der Waals surface area contributed by atoms with Crippen LogP contribution in [0.5, 0.6) is 5.75 Å². The summed E-state index contributed by atoms with van der Waals surface area (Å²) in [4.78, 5) is 24.6. The predicted octanol–water partition coefficient (Wildman–Crippen LogP) is 2.47. The SMILES string of the molecule is CC(C)CC1(C)NN2N(C(=O)Oc3ccccc3)C(=O)NC21C. The summed E-state index contributed by atoms with van der Waals surface area (Å²) in [6.45, 7) is 8.18. The average Bonchev–Trinajstić information content (AvgIpc) is 2.68. The maximum absolute atomic E-state index is 12.4. The number of amides is 3. The number of ether oxygens (including phenoxy) is 1. The van der Waals surface area contributed by atoms with Gasteiger partial charge in [0.15, 0.2) is 0 Å². The maximum Gasteiger partial charge on any atom is 0.439 e. The molecule has 2 heterocycles. The summed E-state index contributed by atoms with van der Waals surface area (Å²) in [5, 5.41) is 5.38. The number of hydrazine groups is 2. The van der Waals surface area contributed by atoms with Crippen molar-refractivity contribution in [3.8, 4) is 5.75 Å². The number of urea groups is 1. The fraction of sp³-hybridized carbons (Fsp3) is 0.500. The van der Waals surface area contributed by atoms with Crippen molar-refractivity contribution < 1.29 is 14.3 Å². The standard InChI is InChI=1S/C16H22N4O3/c1-11(2)10-15(3)16(4)17-13(21)19(20(16)18-15)14(22)23-12-8-6-5-7-9-12/h5-9,11,18H,10H2,1-4H3,(H,17,21). The van der Waals surface area contributed by atoms with Crippen LogP contribution in [-0.2, 0) is 0 Å². The van der Waals surface area contributed by atoms with Crippen LogP contribution in [0.25, 0.3) is 0 Å². The molecule has 7 heteroatoms. The molecule has 1 aromatic carbocycles. The van der Waals surface area contributed by atoms with Crippen LogP contribution in [0.4, 0.5) is 9.59 Å². The third-order valence-electron chi connectivity index (χ3n) is 4.53. The molecule has 124 valence electrons. The number of fused-ring (bicyclic) bond motifs is 1. The van der Waals surface area contributed by atoms with Crippen LogP contribution in [0.1, 0.15) is 34.1 Å². The lowest BCUT2D eigenvalue weighted by molar-refractivity contribution is -0.224. The first kappa shape index (κ1) is 15.8. The summed E-state index contributed by atoms with van der Waals surface area (Å²) < 4.78 is 5.26. The third kappa shape index (κ3) is 2.36. The highest BCUT2D eigenvalue weighted by atomic mass is 16.6. The van der Waals surface area contributed by atoms with Gasteiger partial charge in [0.05, 0.1) is 5.54 Å². The van der Waals surface area contributed by atoms with Gasteiger partial charge in [0, 0.05) is 0 Å². The number of benzene rings is 1. The molecule has 2 aliphatic rings. The number of carbonyl (C=O) groups is 2. The molecule has 0 aromatic heterocycles. The summed E-state index contributed by atoms with van der Waals surface area (Å²) in [5.74, 6) is 0.845. The molecule has 2 unspecified atom stereocenters. The number of rotatable bonds is 3. The summed E-state index contributed by atoms with van der Waals surface area (Å²) in [6, 6.07) is 8.19. The zero-order valence-corrected chi connectivity index (χ0v) is 13.8. The van der Waals surface area contributed by atoms with Crippen LogP contribution in [0.15, 0.2) is 30.3 Å². The van der Waals surface area contributed by atoms with Gasteiger partial charge in [-0.3, -0.25) is 0 Å². The van der Waals surface area contributed by atoms with E-state index in [9.17, 15) is 9.59 Å². The second-order valence-corrected chi connectivity index (χ2v) is 6.85. The van der Waals surface area contributed by atoms with E-state index in [0.29, 0.717) is 11.7 Å². The monoisotopic (exact) mass is 318 g/mol. The molecule has 2 fully saturated rings. The minimum absolute atomic E-state index is 0.321. The fourth-order valence-electron chi connectivity index (χ4n) is 3.29. The van der Waals surface area contributed by atoms with Crippen LogP contribution < -0.4 is 15.5 Å². The Morgan fingerprint density at radius 1 is 1.26 bits per heavy atom. The van der Waals surface area contributed by atoms with Crippen LogP contribution in [0.2, 0.25) is 0 Å². The number of nitrogens with one attached hydrogen (secondary N) is 2. The van der Waals surface area contributed by atoms with Crippen molar-refractivity contribution in [1.29, 1.82) is 0 Å². The lowest BCUT2D eigenvalue weighted by atomic mass is 9.77. The molecule has 1 aromatic rings. The molecule has 3 rings (SSSR count). The third-order valence-corrected chi connectivity index (χ3v) is 4.53. The van der Waals surface area contributed by atoms with Crippen molar-refractivity contribution in [3.63, 3.8) is 0 Å². The summed E-state index contributed by atoms with van der Waals surface area (Å²) in [5.41, 5.74) is 2.23. The van der Waals surface area contributed by atoms with Gasteiger partial charge >= 0.3 is 12.1 Å². The Morgan fingerprint density at radius 2 is 1.91 bits per heavy atom. The van der Waals surface area contributed by atoms with E-state index < -0.39 is 17.8 Å². The normalized spacial score (nSPS) is 30.0. The lowest BCUT2D eigenvalue weighted by Gasteiger charge is -2.60. The van der Waals surface area contributed by atoms with Crippen molar-refractivity contribution >= 4 is 12.1 Å². The van der Waals surface area contributed by atoms with Gasteiger partial charge in [0.25, 0.3) is 0 Å². The predicted molar refractivity (Wildman–Crippen MR) is 84.1 cm³/mol. The molecule has 0 radical (unpaired) electrons. The van der Waals surface area contributed by atoms with E-state index in [1.807, 2.05) is 19.9 Å². The summed E-state index contributed by atoms with van der Waals surface area (Å²) in [7, 11) is 0. The first-order chi connectivity index (χ1) is 10.8. The van der Waals surface area contributed by atoms with Crippen molar-refractivity contribution in [2.75, 3.05) is 0 Å². The highest BCUT2D eigenvalue weighted by Crippen LogP contribution is 2.43. The van der Waals surface area contributed by atoms with Crippen molar-refractivity contribution in [1.82, 2.24) is 20.9 Å². The molecular weight excluding hydrogens is 296 g/mol. The Kier molecular flexibility index (Phi) is 3.57.